The van der Waals surface area contributed by atoms with Crippen LogP contribution in [-0.4, -0.2) is 32.7 Å². The summed E-state index contributed by atoms with van der Waals surface area (Å²) in [5.74, 6) is 0.406. The Hall–Kier alpha value is -2.82. The first-order chi connectivity index (χ1) is 14.4. The molecule has 0 radical (unpaired) electrons. The Morgan fingerprint density at radius 2 is 2.10 bits per heavy atom. The highest BCUT2D eigenvalue weighted by Crippen LogP contribution is 2.33. The molecule has 30 heavy (non-hydrogen) atoms. The summed E-state index contributed by atoms with van der Waals surface area (Å²) in [6, 6.07) is 8.58. The number of carbonyl (C=O) groups excluding carboxylic acids is 1. The Morgan fingerprint density at radius 3 is 2.73 bits per heavy atom. The van der Waals surface area contributed by atoms with E-state index >= 15 is 0 Å². The van der Waals surface area contributed by atoms with Crippen LogP contribution in [-0.2, 0) is 11.0 Å². The number of nitrogens with two attached hydrogens (primary N) is 1. The number of anilines is 2. The molecule has 0 aliphatic carbocycles. The summed E-state index contributed by atoms with van der Waals surface area (Å²) in [7, 11) is -1.60. The van der Waals surface area contributed by atoms with Crippen molar-refractivity contribution in [2.24, 2.45) is 5.14 Å². The van der Waals surface area contributed by atoms with Crippen LogP contribution in [0.25, 0.3) is 11.3 Å². The van der Waals surface area contributed by atoms with Gasteiger partial charge >= 0.3 is 0 Å². The minimum absolute atomic E-state index is 0.0267. The van der Waals surface area contributed by atoms with E-state index in [0.29, 0.717) is 33.7 Å². The zero-order chi connectivity index (χ0) is 21.7. The fourth-order valence-electron chi connectivity index (χ4n) is 2.60. The highest BCUT2D eigenvalue weighted by Gasteiger charge is 2.13. The van der Waals surface area contributed by atoms with Crippen LogP contribution in [0.5, 0.6) is 5.75 Å². The fraction of sp³-hybridized carbons (Fsp3) is 0.250. The number of thiazole rings is 1. The Balaban J connectivity index is 1.82. The smallest absolute Gasteiger partial charge is 0.269 e. The van der Waals surface area contributed by atoms with Gasteiger partial charge < -0.3 is 15.4 Å². The maximum atomic E-state index is 11.8. The lowest BCUT2D eigenvalue weighted by Gasteiger charge is -2.15. The Morgan fingerprint density at radius 1 is 1.30 bits per heavy atom. The quantitative estimate of drug-likeness (QED) is 0.488. The average molecular weight is 446 g/mol. The predicted octanol–water partition coefficient (Wildman–Crippen LogP) is 3.47. The number of nitrogens with one attached hydrogen (secondary N) is 2. The van der Waals surface area contributed by atoms with Gasteiger partial charge in [0, 0.05) is 23.7 Å². The van der Waals surface area contributed by atoms with Crippen molar-refractivity contribution in [1.82, 2.24) is 15.3 Å². The summed E-state index contributed by atoms with van der Waals surface area (Å²) >= 11 is 1.41. The zero-order valence-corrected chi connectivity index (χ0v) is 18.5. The Labute approximate surface area is 181 Å². The predicted molar refractivity (Wildman–Crippen MR) is 119 cm³/mol. The van der Waals surface area contributed by atoms with Gasteiger partial charge in [0.25, 0.3) is 5.91 Å². The van der Waals surface area contributed by atoms with Crippen LogP contribution in [0.2, 0.25) is 0 Å². The fourth-order valence-corrected chi connectivity index (χ4v) is 3.77. The number of hydrogen-bond acceptors (Lipinski definition) is 7. The molecule has 3 aromatic rings. The van der Waals surface area contributed by atoms with Crippen molar-refractivity contribution in [3.05, 3.63) is 47.6 Å². The summed E-state index contributed by atoms with van der Waals surface area (Å²) in [5, 5.41) is 14.0. The van der Waals surface area contributed by atoms with Gasteiger partial charge in [-0.3, -0.25) is 9.78 Å². The molecule has 0 spiro atoms. The lowest BCUT2D eigenvalue weighted by atomic mass is 10.2. The van der Waals surface area contributed by atoms with Crippen molar-refractivity contribution < 1.29 is 13.7 Å². The summed E-state index contributed by atoms with van der Waals surface area (Å²) in [6.07, 6.45) is 1.59. The molecule has 1 amide bonds. The number of aromatic nitrogens is 2. The molecule has 0 aliphatic heterocycles. The second kappa shape index (κ2) is 9.79. The summed E-state index contributed by atoms with van der Waals surface area (Å²) in [5.41, 5.74) is 2.51. The van der Waals surface area contributed by atoms with Gasteiger partial charge in [-0.2, -0.15) is 0 Å². The average Bonchev–Trinajstić information content (AvgIpc) is 3.17. The number of amides is 1. The lowest BCUT2D eigenvalue weighted by molar-refractivity contribution is 0.0951. The van der Waals surface area contributed by atoms with Gasteiger partial charge in [-0.1, -0.05) is 0 Å². The van der Waals surface area contributed by atoms with Crippen LogP contribution >= 0.6 is 11.3 Å². The number of pyridine rings is 1. The number of nitrogens with zero attached hydrogens (tertiary/aromatic N) is 2. The third-order valence-electron chi connectivity index (χ3n) is 3.92. The van der Waals surface area contributed by atoms with E-state index in [1.165, 1.54) is 11.3 Å². The van der Waals surface area contributed by atoms with Crippen molar-refractivity contribution >= 4 is 39.0 Å². The second-order valence-corrected chi connectivity index (χ2v) is 8.50. The zero-order valence-electron chi connectivity index (χ0n) is 16.8. The van der Waals surface area contributed by atoms with Gasteiger partial charge in [0.1, 0.15) is 22.4 Å². The number of rotatable bonds is 8. The van der Waals surface area contributed by atoms with E-state index in [0.717, 1.165) is 11.3 Å². The van der Waals surface area contributed by atoms with E-state index in [4.69, 9.17) is 9.88 Å². The summed E-state index contributed by atoms with van der Waals surface area (Å²) < 4.78 is 17.5. The molecular formula is C20H23N5O3S2. The molecule has 2 heterocycles. The van der Waals surface area contributed by atoms with Crippen LogP contribution in [0, 0.1) is 0 Å². The molecule has 0 saturated carbocycles. The molecule has 0 bridgehead atoms. The molecule has 1 aromatic carbocycles. The van der Waals surface area contributed by atoms with Crippen molar-refractivity contribution in [2.75, 3.05) is 11.9 Å². The van der Waals surface area contributed by atoms with Gasteiger partial charge in [-0.05, 0) is 51.1 Å². The Kier molecular flexibility index (Phi) is 7.14. The molecule has 10 heteroatoms. The summed E-state index contributed by atoms with van der Waals surface area (Å²) in [4.78, 5) is 21.1. The van der Waals surface area contributed by atoms with Crippen molar-refractivity contribution in [1.29, 1.82) is 0 Å². The summed E-state index contributed by atoms with van der Waals surface area (Å²) in [6.45, 7) is 6.26. The molecule has 0 fully saturated rings. The van der Waals surface area contributed by atoms with Crippen LogP contribution in [0.3, 0.4) is 0 Å². The van der Waals surface area contributed by atoms with Gasteiger partial charge in [-0.15, -0.1) is 11.3 Å². The van der Waals surface area contributed by atoms with Gasteiger partial charge in [0.15, 0.2) is 5.13 Å². The largest absolute Gasteiger partial charge is 0.489 e. The van der Waals surface area contributed by atoms with E-state index in [2.05, 4.69) is 20.6 Å². The van der Waals surface area contributed by atoms with Crippen molar-refractivity contribution in [2.45, 2.75) is 31.8 Å². The highest BCUT2D eigenvalue weighted by molar-refractivity contribution is 7.82. The third kappa shape index (κ3) is 5.41. The van der Waals surface area contributed by atoms with E-state index in [1.54, 1.807) is 30.5 Å². The minimum Gasteiger partial charge on any atom is -0.489 e. The van der Waals surface area contributed by atoms with Crippen LogP contribution < -0.4 is 20.5 Å². The number of benzene rings is 1. The molecule has 1 unspecified atom stereocenters. The van der Waals surface area contributed by atoms with E-state index in [-0.39, 0.29) is 12.0 Å². The highest BCUT2D eigenvalue weighted by atomic mass is 32.2. The molecule has 158 valence electrons. The molecule has 4 N–H and O–H groups in total. The normalized spacial score (nSPS) is 11.9. The first-order valence-corrected chi connectivity index (χ1v) is 11.4. The van der Waals surface area contributed by atoms with E-state index in [1.807, 2.05) is 32.2 Å². The molecule has 0 aliphatic rings. The molecule has 0 saturated heterocycles. The Bertz CT molecular complexity index is 1050. The molecular weight excluding hydrogens is 422 g/mol. The number of hydrogen-bond donors (Lipinski definition) is 3. The third-order valence-corrected chi connectivity index (χ3v) is 5.40. The second-order valence-electron chi connectivity index (χ2n) is 6.58. The van der Waals surface area contributed by atoms with Crippen molar-refractivity contribution in [3.8, 4) is 17.0 Å². The van der Waals surface area contributed by atoms with Crippen molar-refractivity contribution in [3.63, 3.8) is 0 Å². The first kappa shape index (κ1) is 21.9. The molecule has 3 rings (SSSR count). The van der Waals surface area contributed by atoms with Gasteiger partial charge in [0.05, 0.1) is 22.4 Å². The van der Waals surface area contributed by atoms with Crippen LogP contribution in [0.1, 0.15) is 31.3 Å². The lowest BCUT2D eigenvalue weighted by Crippen LogP contribution is -2.23. The van der Waals surface area contributed by atoms with Gasteiger partial charge in [-0.25, -0.2) is 14.3 Å². The van der Waals surface area contributed by atoms with Crippen LogP contribution in [0.4, 0.5) is 10.8 Å². The first-order valence-electron chi connectivity index (χ1n) is 9.31. The monoisotopic (exact) mass is 445 g/mol. The minimum atomic E-state index is -1.60. The van der Waals surface area contributed by atoms with Crippen LogP contribution in [0.15, 0.2) is 46.8 Å². The topological polar surface area (TPSA) is 119 Å². The maximum Gasteiger partial charge on any atom is 0.269 e. The van der Waals surface area contributed by atoms with Gasteiger partial charge in [0.2, 0.25) is 0 Å². The number of ether oxygens (including phenoxy) is 1. The number of carbonyl (C=O) groups is 1. The SMILES string of the molecule is CCNC(=O)c1ccc(-c2csc(Nc3cc(S(N)=O)ccc3OC(C)C)n2)cn1. The molecule has 2 aromatic heterocycles. The van der Waals surface area contributed by atoms with E-state index < -0.39 is 11.0 Å². The van der Waals surface area contributed by atoms with E-state index in [9.17, 15) is 9.00 Å². The standard InChI is InChI=1S/C20H23N5O3S2/c1-4-22-19(26)15-7-5-13(10-23-15)17-11-29-20(25-17)24-16-9-14(30(21)27)6-8-18(16)28-12(2)3/h5-12H,4,21H2,1-3H3,(H,22,26)(H,24,25). The molecule has 8 nitrogen and oxygen atoms in total. The maximum absolute atomic E-state index is 11.8. The molecule has 1 atom stereocenters.